The number of carbonyl (C=O) groups excluding carboxylic acids is 2. The molecule has 0 bridgehead atoms. The summed E-state index contributed by atoms with van der Waals surface area (Å²) in [6.07, 6.45) is 10.2. The van der Waals surface area contributed by atoms with E-state index in [1.165, 1.54) is 19.3 Å². The molecule has 234 valence electrons. The number of hydrogen-bond acceptors (Lipinski definition) is 7. The molecule has 0 aliphatic heterocycles. The maximum atomic E-state index is 12.7. The van der Waals surface area contributed by atoms with E-state index in [4.69, 9.17) is 26.7 Å². The molecule has 0 heterocycles. The molecule has 4 rings (SSSR count). The second kappa shape index (κ2) is 13.2. The molecule has 0 radical (unpaired) electrons. The van der Waals surface area contributed by atoms with Crippen LogP contribution in [-0.4, -0.2) is 54.4 Å². The fraction of sp³-hybridized carbons (Fsp3) is 0.906. The average Bonchev–Trinajstić information content (AvgIpc) is 3.27. The topological polar surface area (TPSA) is 163 Å². The molecule has 0 saturated heterocycles. The minimum absolute atomic E-state index is 0.0410. The molecule has 0 aromatic carbocycles. The minimum atomic E-state index is -0.676. The molecule has 4 aliphatic rings. The van der Waals surface area contributed by atoms with E-state index in [2.05, 4.69) is 25.8 Å². The zero-order chi connectivity index (χ0) is 29.9. The molecule has 0 aromatic rings. The third-order valence-electron chi connectivity index (χ3n) is 12.1. The number of aliphatic hydroxyl groups is 1. The predicted octanol–water partition coefficient (Wildman–Crippen LogP) is 3.89. The molecule has 4 aliphatic carbocycles. The van der Waals surface area contributed by atoms with Crippen molar-refractivity contribution in [3.8, 4) is 0 Å². The summed E-state index contributed by atoms with van der Waals surface area (Å²) in [7, 11) is 0. The molecular weight excluding hydrogens is 520 g/mol. The maximum absolute atomic E-state index is 12.7. The number of aliphatic imine (C=N–C) groups is 1. The molecule has 9 nitrogen and oxygen atoms in total. The van der Waals surface area contributed by atoms with E-state index < -0.39 is 6.04 Å². The Hall–Kier alpha value is -1.87. The van der Waals surface area contributed by atoms with Gasteiger partial charge in [0, 0.05) is 13.0 Å². The molecule has 0 aromatic heterocycles. The summed E-state index contributed by atoms with van der Waals surface area (Å²) in [4.78, 5) is 28.7. The third-order valence-corrected chi connectivity index (χ3v) is 12.1. The van der Waals surface area contributed by atoms with Crippen LogP contribution in [0.1, 0.15) is 105 Å². The second-order valence-electron chi connectivity index (χ2n) is 14.2. The second-order valence-corrected chi connectivity index (χ2v) is 14.2. The number of fused-ring (bicyclic) bond motifs is 5. The lowest BCUT2D eigenvalue weighted by molar-refractivity contribution is -0.183. The average molecular weight is 577 g/mol. The van der Waals surface area contributed by atoms with Crippen molar-refractivity contribution in [1.82, 2.24) is 0 Å². The van der Waals surface area contributed by atoms with Gasteiger partial charge >= 0.3 is 11.9 Å². The van der Waals surface area contributed by atoms with Crippen LogP contribution in [0.4, 0.5) is 0 Å². The fourth-order valence-corrected chi connectivity index (χ4v) is 9.93. The maximum Gasteiger partial charge on any atom is 0.323 e. The fourth-order valence-electron chi connectivity index (χ4n) is 9.93. The lowest BCUT2D eigenvalue weighted by atomic mass is 9.43. The summed E-state index contributed by atoms with van der Waals surface area (Å²) in [5.74, 6) is 2.35. The molecule has 9 heteroatoms. The van der Waals surface area contributed by atoms with Crippen LogP contribution in [0.2, 0.25) is 0 Å². The molecular formula is C32H56N4O5. The van der Waals surface area contributed by atoms with Gasteiger partial charge in [-0.05, 0) is 124 Å². The van der Waals surface area contributed by atoms with E-state index >= 15 is 0 Å². The number of aliphatic hydroxyl groups excluding tert-OH is 1. The molecule has 0 amide bonds. The van der Waals surface area contributed by atoms with Crippen LogP contribution in [0.25, 0.3) is 0 Å². The van der Waals surface area contributed by atoms with Crippen LogP contribution in [0.5, 0.6) is 0 Å². The number of rotatable bonds is 11. The molecule has 7 N–H and O–H groups in total. The molecule has 0 spiro atoms. The third kappa shape index (κ3) is 6.71. The van der Waals surface area contributed by atoms with E-state index in [0.29, 0.717) is 67.9 Å². The van der Waals surface area contributed by atoms with Crippen LogP contribution in [0.3, 0.4) is 0 Å². The van der Waals surface area contributed by atoms with Gasteiger partial charge in [-0.3, -0.25) is 14.6 Å². The van der Waals surface area contributed by atoms with Crippen LogP contribution in [-0.2, 0) is 19.1 Å². The number of carbonyl (C=O) groups is 2. The van der Waals surface area contributed by atoms with Gasteiger partial charge in [0.25, 0.3) is 0 Å². The van der Waals surface area contributed by atoms with Gasteiger partial charge in [-0.2, -0.15) is 0 Å². The Labute approximate surface area is 246 Å². The first-order chi connectivity index (χ1) is 19.4. The summed E-state index contributed by atoms with van der Waals surface area (Å²) < 4.78 is 11.1. The SMILES string of the molecule is CCOC(=O)CC[C@@H](C)[C@H]1CC[C@H]2[C@@H]3[C@@H](O)C[C@@H]4C[C@H](OC(=O)[C@@H](N)CCCN=C(N)N)CC[C@]4(C)[C@H]3CC[C@]12C. The highest BCUT2D eigenvalue weighted by Crippen LogP contribution is 2.68. The van der Waals surface area contributed by atoms with E-state index in [9.17, 15) is 14.7 Å². The Morgan fingerprint density at radius 2 is 1.73 bits per heavy atom. The van der Waals surface area contributed by atoms with Crippen LogP contribution in [0.15, 0.2) is 4.99 Å². The summed E-state index contributed by atoms with van der Waals surface area (Å²) in [5, 5.41) is 11.7. The van der Waals surface area contributed by atoms with Crippen molar-refractivity contribution in [2.24, 2.45) is 68.5 Å². The van der Waals surface area contributed by atoms with Crippen molar-refractivity contribution in [3.63, 3.8) is 0 Å². The lowest BCUT2D eigenvalue weighted by Gasteiger charge is -2.62. The van der Waals surface area contributed by atoms with Gasteiger partial charge < -0.3 is 31.8 Å². The Morgan fingerprint density at radius 3 is 2.44 bits per heavy atom. The monoisotopic (exact) mass is 576 g/mol. The smallest absolute Gasteiger partial charge is 0.323 e. The van der Waals surface area contributed by atoms with Gasteiger partial charge in [-0.25, -0.2) is 0 Å². The first-order valence-electron chi connectivity index (χ1n) is 16.3. The van der Waals surface area contributed by atoms with Gasteiger partial charge in [0.1, 0.15) is 12.1 Å². The Morgan fingerprint density at radius 1 is 1.02 bits per heavy atom. The highest BCUT2D eigenvalue weighted by atomic mass is 16.5. The Kier molecular flexibility index (Phi) is 10.3. The Balaban J connectivity index is 1.36. The van der Waals surface area contributed by atoms with E-state index in [1.54, 1.807) is 0 Å². The standard InChI is InChI=1S/C32H56N4O5/c1-5-40-27(38)11-8-19(2)22-9-10-23-28-24(13-15-32(22,23)4)31(3)14-12-21(17-20(31)18-26(28)37)41-29(39)25(33)7-6-16-36-30(34)35/h19-26,28,37H,5-18,33H2,1-4H3,(H4,34,35,36)/t19-,20+,21-,22-,23+,24+,25+,26+,28+,31+,32-/m1/s1. The summed E-state index contributed by atoms with van der Waals surface area (Å²) in [6.45, 7) is 9.99. The summed E-state index contributed by atoms with van der Waals surface area (Å²) in [6, 6.07) is -0.676. The zero-order valence-corrected chi connectivity index (χ0v) is 25.9. The highest BCUT2D eigenvalue weighted by molar-refractivity contribution is 5.76. The first-order valence-corrected chi connectivity index (χ1v) is 16.3. The Bertz CT molecular complexity index is 956. The first kappa shape index (κ1) is 32.1. The number of esters is 2. The largest absolute Gasteiger partial charge is 0.466 e. The predicted molar refractivity (Wildman–Crippen MR) is 159 cm³/mol. The quantitative estimate of drug-likeness (QED) is 0.125. The molecule has 41 heavy (non-hydrogen) atoms. The number of guanidine groups is 1. The number of nitrogens with two attached hydrogens (primary N) is 3. The van der Waals surface area contributed by atoms with Crippen LogP contribution < -0.4 is 17.2 Å². The zero-order valence-electron chi connectivity index (χ0n) is 25.9. The van der Waals surface area contributed by atoms with E-state index in [0.717, 1.165) is 38.5 Å². The summed E-state index contributed by atoms with van der Waals surface area (Å²) >= 11 is 0. The molecule has 0 unspecified atom stereocenters. The van der Waals surface area contributed by atoms with Gasteiger partial charge in [0.15, 0.2) is 5.96 Å². The van der Waals surface area contributed by atoms with Gasteiger partial charge in [-0.15, -0.1) is 0 Å². The van der Waals surface area contributed by atoms with E-state index in [1.807, 2.05) is 6.92 Å². The van der Waals surface area contributed by atoms with Gasteiger partial charge in [0.05, 0.1) is 12.7 Å². The number of hydrogen-bond donors (Lipinski definition) is 4. The van der Waals surface area contributed by atoms with Crippen LogP contribution >= 0.6 is 0 Å². The van der Waals surface area contributed by atoms with Gasteiger partial charge in [-0.1, -0.05) is 20.8 Å². The normalized spacial score (nSPS) is 39.4. The number of ether oxygens (including phenoxy) is 2. The minimum Gasteiger partial charge on any atom is -0.466 e. The van der Waals surface area contributed by atoms with Crippen LogP contribution in [0, 0.1) is 46.3 Å². The van der Waals surface area contributed by atoms with Crippen molar-refractivity contribution in [2.45, 2.75) is 123 Å². The van der Waals surface area contributed by atoms with Crippen molar-refractivity contribution in [1.29, 1.82) is 0 Å². The lowest BCUT2D eigenvalue weighted by Crippen LogP contribution is -2.59. The van der Waals surface area contributed by atoms with E-state index in [-0.39, 0.29) is 40.9 Å². The van der Waals surface area contributed by atoms with Crippen molar-refractivity contribution >= 4 is 17.9 Å². The van der Waals surface area contributed by atoms with Crippen molar-refractivity contribution in [3.05, 3.63) is 0 Å². The number of nitrogens with zero attached hydrogens (tertiary/aromatic N) is 1. The highest BCUT2D eigenvalue weighted by Gasteiger charge is 2.63. The van der Waals surface area contributed by atoms with Crippen molar-refractivity contribution < 1.29 is 24.2 Å². The summed E-state index contributed by atoms with van der Waals surface area (Å²) in [5.41, 5.74) is 17.2. The molecule has 11 atom stereocenters. The van der Waals surface area contributed by atoms with Gasteiger partial charge in [0.2, 0.25) is 0 Å². The van der Waals surface area contributed by atoms with Crippen molar-refractivity contribution in [2.75, 3.05) is 13.2 Å². The molecule has 4 saturated carbocycles. The molecule has 4 fully saturated rings.